The highest BCUT2D eigenvalue weighted by Crippen LogP contribution is 2.26. The molecule has 0 radical (unpaired) electrons. The normalized spacial score (nSPS) is 11.0. The number of aryl methyl sites for hydroxylation is 2. The summed E-state index contributed by atoms with van der Waals surface area (Å²) in [4.78, 5) is 13.2. The van der Waals surface area contributed by atoms with Crippen LogP contribution in [0.25, 0.3) is 16.9 Å². The lowest BCUT2D eigenvalue weighted by Gasteiger charge is -2.05. The van der Waals surface area contributed by atoms with E-state index < -0.39 is 0 Å². The molecule has 0 aliphatic rings. The van der Waals surface area contributed by atoms with Gasteiger partial charge in [0.15, 0.2) is 0 Å². The van der Waals surface area contributed by atoms with Crippen LogP contribution in [0.4, 0.5) is 0 Å². The maximum atomic E-state index is 5.48. The molecule has 160 valence electrons. The van der Waals surface area contributed by atoms with Crippen LogP contribution in [-0.2, 0) is 6.42 Å². The van der Waals surface area contributed by atoms with Gasteiger partial charge in [0.05, 0.1) is 17.1 Å². The first-order chi connectivity index (χ1) is 14.5. The molecule has 0 amide bonds. The Hall–Kier alpha value is -3.21. The van der Waals surface area contributed by atoms with Crippen molar-refractivity contribution in [3.05, 3.63) is 71.8 Å². The second-order valence-corrected chi connectivity index (χ2v) is 6.24. The predicted octanol–water partition coefficient (Wildman–Crippen LogP) is 6.19. The molecule has 1 aromatic carbocycles. The zero-order valence-corrected chi connectivity index (χ0v) is 19.4. The van der Waals surface area contributed by atoms with Crippen molar-refractivity contribution in [3.63, 3.8) is 0 Å². The maximum absolute atomic E-state index is 5.48. The molecular formula is C25H35N5. The average molecular weight is 406 g/mol. The zero-order valence-electron chi connectivity index (χ0n) is 19.4. The number of benzene rings is 1. The van der Waals surface area contributed by atoms with Gasteiger partial charge in [-0.05, 0) is 38.0 Å². The summed E-state index contributed by atoms with van der Waals surface area (Å²) in [5, 5.41) is 0. The molecule has 0 aliphatic carbocycles. The Bertz CT molecular complexity index is 1010. The van der Waals surface area contributed by atoms with Crippen LogP contribution >= 0.6 is 0 Å². The SMILES string of the molecule is C=C(N)/N=C\N=C(C)c1c(-c2ccc(C)cc2)nc2cc(CC)ccn12.CC.CC. The van der Waals surface area contributed by atoms with Crippen molar-refractivity contribution in [3.8, 4) is 11.3 Å². The number of imidazole rings is 1. The van der Waals surface area contributed by atoms with Crippen LogP contribution < -0.4 is 5.73 Å². The van der Waals surface area contributed by atoms with E-state index in [9.17, 15) is 0 Å². The third kappa shape index (κ3) is 6.14. The molecule has 2 N–H and O–H groups in total. The van der Waals surface area contributed by atoms with Gasteiger partial charge < -0.3 is 5.73 Å². The Labute approximate surface area is 181 Å². The monoisotopic (exact) mass is 405 g/mol. The lowest BCUT2D eigenvalue weighted by atomic mass is 10.1. The number of fused-ring (bicyclic) bond motifs is 1. The molecule has 3 rings (SSSR count). The van der Waals surface area contributed by atoms with Gasteiger partial charge in [-0.15, -0.1) is 0 Å². The van der Waals surface area contributed by atoms with Crippen molar-refractivity contribution in [1.29, 1.82) is 0 Å². The topological polar surface area (TPSA) is 68.0 Å². The van der Waals surface area contributed by atoms with Crippen molar-refractivity contribution >= 4 is 17.7 Å². The average Bonchev–Trinajstić information content (AvgIpc) is 3.15. The second kappa shape index (κ2) is 12.4. The molecule has 0 aliphatic heterocycles. The predicted molar refractivity (Wildman–Crippen MR) is 131 cm³/mol. The first-order valence-electron chi connectivity index (χ1n) is 10.6. The quantitative estimate of drug-likeness (QED) is 0.406. The third-order valence-electron chi connectivity index (χ3n) is 4.24. The molecular weight excluding hydrogens is 370 g/mol. The highest BCUT2D eigenvalue weighted by molar-refractivity contribution is 6.06. The van der Waals surface area contributed by atoms with E-state index in [2.05, 4.69) is 71.2 Å². The Morgan fingerprint density at radius 1 is 1.13 bits per heavy atom. The Morgan fingerprint density at radius 2 is 1.77 bits per heavy atom. The summed E-state index contributed by atoms with van der Waals surface area (Å²) in [6.07, 6.45) is 4.44. The van der Waals surface area contributed by atoms with Crippen LogP contribution in [0, 0.1) is 6.92 Å². The molecule has 0 atom stereocenters. The van der Waals surface area contributed by atoms with E-state index in [4.69, 9.17) is 10.7 Å². The molecule has 30 heavy (non-hydrogen) atoms. The molecule has 0 fully saturated rings. The van der Waals surface area contributed by atoms with Crippen molar-refractivity contribution in [2.45, 2.75) is 54.9 Å². The summed E-state index contributed by atoms with van der Waals surface area (Å²) in [7, 11) is 0. The van der Waals surface area contributed by atoms with Crippen molar-refractivity contribution in [2.24, 2.45) is 15.7 Å². The summed E-state index contributed by atoms with van der Waals surface area (Å²) in [6.45, 7) is 17.7. The van der Waals surface area contributed by atoms with Gasteiger partial charge in [-0.3, -0.25) is 4.40 Å². The lowest BCUT2D eigenvalue weighted by molar-refractivity contribution is 1.09. The summed E-state index contributed by atoms with van der Waals surface area (Å²) < 4.78 is 2.07. The molecule has 5 heteroatoms. The van der Waals surface area contributed by atoms with Crippen LogP contribution in [0.1, 0.15) is 58.4 Å². The van der Waals surface area contributed by atoms with Crippen LogP contribution in [-0.4, -0.2) is 21.4 Å². The van der Waals surface area contributed by atoms with Crippen LogP contribution in [0.3, 0.4) is 0 Å². The fraction of sp³-hybridized carbons (Fsp3) is 0.320. The summed E-state index contributed by atoms with van der Waals surface area (Å²) in [5.41, 5.74) is 12.6. The maximum Gasteiger partial charge on any atom is 0.138 e. The van der Waals surface area contributed by atoms with Gasteiger partial charge in [-0.25, -0.2) is 15.0 Å². The summed E-state index contributed by atoms with van der Waals surface area (Å²) in [5.74, 6) is 0.228. The molecule has 0 saturated carbocycles. The van der Waals surface area contributed by atoms with Gasteiger partial charge >= 0.3 is 0 Å². The number of nitrogens with two attached hydrogens (primary N) is 1. The van der Waals surface area contributed by atoms with Gasteiger partial charge in [0.1, 0.15) is 17.8 Å². The van der Waals surface area contributed by atoms with E-state index in [1.807, 2.05) is 40.8 Å². The van der Waals surface area contributed by atoms with E-state index in [1.165, 1.54) is 17.5 Å². The number of hydrogen-bond donors (Lipinski definition) is 1. The number of aromatic nitrogens is 2. The molecule has 0 unspecified atom stereocenters. The molecule has 0 spiro atoms. The standard InChI is InChI=1S/C21H23N5.2C2H6/c1-5-17-10-11-26-19(12-17)25-20(18-8-6-14(2)7-9-18)21(26)15(3)23-13-24-16(4)22;2*1-2/h6-13H,4-5,22H2,1-3H3;2*1-2H3/b23-15?,24-13-;;. The molecule has 2 heterocycles. The second-order valence-electron chi connectivity index (χ2n) is 6.24. The fourth-order valence-corrected chi connectivity index (χ4v) is 2.82. The number of nitrogens with zero attached hydrogens (tertiary/aromatic N) is 4. The Kier molecular flexibility index (Phi) is 10.2. The summed E-state index contributed by atoms with van der Waals surface area (Å²) in [6, 6.07) is 12.6. The first-order valence-corrected chi connectivity index (χ1v) is 10.6. The number of aliphatic imine (C=N–C) groups is 2. The van der Waals surface area contributed by atoms with E-state index in [0.29, 0.717) is 0 Å². The minimum atomic E-state index is 0.228. The smallest absolute Gasteiger partial charge is 0.138 e. The minimum Gasteiger partial charge on any atom is -0.384 e. The molecule has 3 aromatic rings. The van der Waals surface area contributed by atoms with Gasteiger partial charge in [0, 0.05) is 11.8 Å². The molecule has 0 saturated heterocycles. The van der Waals surface area contributed by atoms with Crippen molar-refractivity contribution in [1.82, 2.24) is 9.38 Å². The van der Waals surface area contributed by atoms with Gasteiger partial charge in [0.2, 0.25) is 0 Å². The van der Waals surface area contributed by atoms with Crippen LogP contribution in [0.15, 0.2) is 65.0 Å². The van der Waals surface area contributed by atoms with E-state index in [-0.39, 0.29) is 5.82 Å². The third-order valence-corrected chi connectivity index (χ3v) is 4.24. The molecule has 2 aromatic heterocycles. The summed E-state index contributed by atoms with van der Waals surface area (Å²) >= 11 is 0. The Morgan fingerprint density at radius 3 is 2.33 bits per heavy atom. The van der Waals surface area contributed by atoms with Crippen molar-refractivity contribution < 1.29 is 0 Å². The molecule has 0 bridgehead atoms. The molecule has 5 nitrogen and oxygen atoms in total. The Balaban J connectivity index is 0.00000106. The van der Waals surface area contributed by atoms with Crippen LogP contribution in [0.5, 0.6) is 0 Å². The van der Waals surface area contributed by atoms with Crippen molar-refractivity contribution in [2.75, 3.05) is 0 Å². The van der Waals surface area contributed by atoms with Gasteiger partial charge in [-0.1, -0.05) is 71.0 Å². The van der Waals surface area contributed by atoms with E-state index in [0.717, 1.165) is 34.7 Å². The minimum absolute atomic E-state index is 0.228. The number of hydrogen-bond acceptors (Lipinski definition) is 3. The van der Waals surface area contributed by atoms with Crippen LogP contribution in [0.2, 0.25) is 0 Å². The highest BCUT2D eigenvalue weighted by Gasteiger charge is 2.16. The zero-order chi connectivity index (χ0) is 22.7. The fourth-order valence-electron chi connectivity index (χ4n) is 2.82. The lowest BCUT2D eigenvalue weighted by Crippen LogP contribution is -2.03. The number of rotatable bonds is 5. The highest BCUT2D eigenvalue weighted by atomic mass is 15.0. The van der Waals surface area contributed by atoms with Gasteiger partial charge in [0.25, 0.3) is 0 Å². The largest absolute Gasteiger partial charge is 0.384 e. The number of pyridine rings is 1. The van der Waals surface area contributed by atoms with E-state index in [1.54, 1.807) is 0 Å². The van der Waals surface area contributed by atoms with Gasteiger partial charge in [-0.2, -0.15) is 0 Å². The first kappa shape index (κ1) is 24.8. The van der Waals surface area contributed by atoms with E-state index >= 15 is 0 Å².